The molecule has 0 atom stereocenters. The predicted molar refractivity (Wildman–Crippen MR) is 58.9 cm³/mol. The van der Waals surface area contributed by atoms with E-state index in [1.807, 2.05) is 13.0 Å². The van der Waals surface area contributed by atoms with Crippen LogP contribution in [0, 0.1) is 18.8 Å². The molecule has 0 bridgehead atoms. The van der Waals surface area contributed by atoms with Crippen molar-refractivity contribution >= 4 is 11.6 Å². The summed E-state index contributed by atoms with van der Waals surface area (Å²) < 4.78 is 0. The Bertz CT molecular complexity index is 429. The fraction of sp³-hybridized carbons (Fsp3) is 0.273. The number of nitrogens with two attached hydrogens (primary N) is 1. The molecule has 0 aliphatic heterocycles. The summed E-state index contributed by atoms with van der Waals surface area (Å²) in [5, 5.41) is 2.57. The van der Waals surface area contributed by atoms with E-state index in [4.69, 9.17) is 5.73 Å². The zero-order valence-corrected chi connectivity index (χ0v) is 8.79. The van der Waals surface area contributed by atoms with Crippen molar-refractivity contribution in [2.75, 3.05) is 12.3 Å². The van der Waals surface area contributed by atoms with E-state index >= 15 is 0 Å². The Morgan fingerprint density at radius 2 is 2.40 bits per heavy atom. The highest BCUT2D eigenvalue weighted by atomic mass is 16.1. The normalized spacial score (nSPS) is 8.93. The van der Waals surface area contributed by atoms with Crippen LogP contribution in [0.3, 0.4) is 0 Å². The number of hydrogen-bond acceptors (Lipinski definition) is 3. The number of rotatable bonds is 1. The number of anilines is 1. The summed E-state index contributed by atoms with van der Waals surface area (Å²) in [7, 11) is 0. The van der Waals surface area contributed by atoms with E-state index in [0.29, 0.717) is 17.9 Å². The first-order valence-corrected chi connectivity index (χ1v) is 4.55. The first-order chi connectivity index (χ1) is 7.11. The lowest BCUT2D eigenvalue weighted by Gasteiger charge is -2.00. The van der Waals surface area contributed by atoms with Crippen molar-refractivity contribution in [3.8, 4) is 11.8 Å². The number of carbonyl (C=O) groups is 1. The van der Waals surface area contributed by atoms with Gasteiger partial charge in [-0.15, -0.1) is 0 Å². The molecule has 15 heavy (non-hydrogen) atoms. The first-order valence-electron chi connectivity index (χ1n) is 4.55. The first kappa shape index (κ1) is 11.1. The molecule has 0 radical (unpaired) electrons. The van der Waals surface area contributed by atoms with Crippen molar-refractivity contribution < 1.29 is 4.79 Å². The minimum absolute atomic E-state index is 0.102. The maximum absolute atomic E-state index is 10.6. The van der Waals surface area contributed by atoms with Gasteiger partial charge in [0.2, 0.25) is 5.91 Å². The van der Waals surface area contributed by atoms with Gasteiger partial charge in [-0.25, -0.2) is 4.98 Å². The Hall–Kier alpha value is -2.02. The number of aromatic nitrogens is 1. The van der Waals surface area contributed by atoms with Gasteiger partial charge in [-0.05, 0) is 24.5 Å². The molecule has 4 nitrogen and oxygen atoms in total. The molecule has 4 heteroatoms. The minimum Gasteiger partial charge on any atom is -0.396 e. The summed E-state index contributed by atoms with van der Waals surface area (Å²) in [5.74, 6) is 5.48. The number of nitrogen functional groups attached to an aromatic ring is 1. The van der Waals surface area contributed by atoms with Crippen LogP contribution >= 0.6 is 0 Å². The van der Waals surface area contributed by atoms with Gasteiger partial charge in [0, 0.05) is 13.1 Å². The van der Waals surface area contributed by atoms with Crippen LogP contribution in [0.2, 0.25) is 0 Å². The zero-order chi connectivity index (χ0) is 11.3. The second-order valence-corrected chi connectivity index (χ2v) is 3.10. The molecule has 0 saturated carbocycles. The molecular weight excluding hydrogens is 190 g/mol. The number of carbonyl (C=O) groups excluding carboxylic acids is 1. The number of nitrogens with one attached hydrogen (secondary N) is 1. The van der Waals surface area contributed by atoms with Gasteiger partial charge < -0.3 is 11.1 Å². The van der Waals surface area contributed by atoms with Crippen molar-refractivity contribution in [3.63, 3.8) is 0 Å². The van der Waals surface area contributed by atoms with Crippen molar-refractivity contribution in [2.24, 2.45) is 0 Å². The number of nitrogens with zero attached hydrogens (tertiary/aromatic N) is 1. The Morgan fingerprint density at radius 3 is 3.07 bits per heavy atom. The third kappa shape index (κ3) is 3.31. The summed E-state index contributed by atoms with van der Waals surface area (Å²) in [6.45, 7) is 3.65. The molecule has 0 saturated heterocycles. The fourth-order valence-electron chi connectivity index (χ4n) is 0.966. The summed E-state index contributed by atoms with van der Waals surface area (Å²) in [6.07, 6.45) is 1.66. The Labute approximate surface area is 88.9 Å². The molecule has 1 heterocycles. The molecule has 78 valence electrons. The smallest absolute Gasteiger partial charge is 0.217 e. The highest BCUT2D eigenvalue weighted by molar-refractivity contribution is 5.73. The molecule has 1 amide bonds. The van der Waals surface area contributed by atoms with Crippen LogP contribution in [0.1, 0.15) is 18.2 Å². The molecule has 1 aromatic rings. The van der Waals surface area contributed by atoms with Gasteiger partial charge in [-0.1, -0.05) is 5.92 Å². The third-order valence-electron chi connectivity index (χ3n) is 1.84. The van der Waals surface area contributed by atoms with Crippen molar-refractivity contribution in [1.29, 1.82) is 0 Å². The summed E-state index contributed by atoms with van der Waals surface area (Å²) in [6, 6.07) is 1.83. The fourth-order valence-corrected chi connectivity index (χ4v) is 0.966. The van der Waals surface area contributed by atoms with Gasteiger partial charge in [-0.3, -0.25) is 4.79 Å². The van der Waals surface area contributed by atoms with E-state index < -0.39 is 0 Å². The van der Waals surface area contributed by atoms with Crippen LogP contribution in [0.5, 0.6) is 0 Å². The molecule has 0 aliphatic rings. The van der Waals surface area contributed by atoms with Crippen LogP contribution in [-0.2, 0) is 4.79 Å². The Kier molecular flexibility index (Phi) is 3.69. The van der Waals surface area contributed by atoms with E-state index in [1.54, 1.807) is 6.20 Å². The average Bonchev–Trinajstić information content (AvgIpc) is 2.18. The molecule has 0 spiro atoms. The van der Waals surface area contributed by atoms with Gasteiger partial charge in [-0.2, -0.15) is 0 Å². The van der Waals surface area contributed by atoms with E-state index in [1.165, 1.54) is 6.92 Å². The quantitative estimate of drug-likeness (QED) is 0.651. The molecule has 3 N–H and O–H groups in total. The third-order valence-corrected chi connectivity index (χ3v) is 1.84. The van der Waals surface area contributed by atoms with Crippen molar-refractivity contribution in [1.82, 2.24) is 10.3 Å². The molecule has 1 rings (SSSR count). The number of amides is 1. The van der Waals surface area contributed by atoms with Gasteiger partial charge >= 0.3 is 0 Å². The maximum atomic E-state index is 10.6. The summed E-state index contributed by atoms with van der Waals surface area (Å²) in [4.78, 5) is 14.6. The highest BCUT2D eigenvalue weighted by Crippen LogP contribution is 2.11. The molecule has 0 aromatic carbocycles. The van der Waals surface area contributed by atoms with E-state index in [9.17, 15) is 4.79 Å². The van der Waals surface area contributed by atoms with Gasteiger partial charge in [0.25, 0.3) is 0 Å². The van der Waals surface area contributed by atoms with Crippen LogP contribution < -0.4 is 11.1 Å². The summed E-state index contributed by atoms with van der Waals surface area (Å²) in [5.41, 5.74) is 7.87. The van der Waals surface area contributed by atoms with Gasteiger partial charge in [0.05, 0.1) is 12.2 Å². The van der Waals surface area contributed by atoms with E-state index in [2.05, 4.69) is 22.1 Å². The van der Waals surface area contributed by atoms with Crippen molar-refractivity contribution in [3.05, 3.63) is 23.5 Å². The minimum atomic E-state index is -0.102. The lowest BCUT2D eigenvalue weighted by atomic mass is 10.2. The molecule has 0 fully saturated rings. The topological polar surface area (TPSA) is 68.0 Å². The second-order valence-electron chi connectivity index (χ2n) is 3.10. The maximum Gasteiger partial charge on any atom is 0.217 e. The monoisotopic (exact) mass is 203 g/mol. The standard InChI is InChI=1S/C11H13N3O/c1-8-5-7-14-10(11(8)12)4-3-6-13-9(2)15/h5,7H,6,12H2,1-2H3,(H,13,15). The predicted octanol–water partition coefficient (Wildman–Crippen LogP) is 0.460. The lowest BCUT2D eigenvalue weighted by molar-refractivity contribution is -0.118. The zero-order valence-electron chi connectivity index (χ0n) is 8.79. The summed E-state index contributed by atoms with van der Waals surface area (Å²) >= 11 is 0. The second kappa shape index (κ2) is 5.01. The Balaban J connectivity index is 2.72. The van der Waals surface area contributed by atoms with Crippen molar-refractivity contribution in [2.45, 2.75) is 13.8 Å². The molecule has 1 aromatic heterocycles. The lowest BCUT2D eigenvalue weighted by Crippen LogP contribution is -2.19. The largest absolute Gasteiger partial charge is 0.396 e. The van der Waals surface area contributed by atoms with Gasteiger partial charge in [0.1, 0.15) is 5.69 Å². The van der Waals surface area contributed by atoms with Crippen LogP contribution in [0.25, 0.3) is 0 Å². The number of aryl methyl sites for hydroxylation is 1. The Morgan fingerprint density at radius 1 is 1.67 bits per heavy atom. The van der Waals surface area contributed by atoms with Crippen LogP contribution in [-0.4, -0.2) is 17.4 Å². The van der Waals surface area contributed by atoms with E-state index in [0.717, 1.165) is 5.56 Å². The van der Waals surface area contributed by atoms with Crippen LogP contribution in [0.4, 0.5) is 5.69 Å². The molecule has 0 unspecified atom stereocenters. The SMILES string of the molecule is CC(=O)NCC#Cc1nccc(C)c1N. The molecule has 0 aliphatic carbocycles. The average molecular weight is 203 g/mol. The number of hydrogen-bond donors (Lipinski definition) is 2. The highest BCUT2D eigenvalue weighted by Gasteiger charge is 1.98. The molecular formula is C11H13N3O. The number of pyridine rings is 1. The van der Waals surface area contributed by atoms with E-state index in [-0.39, 0.29) is 5.91 Å². The van der Waals surface area contributed by atoms with Gasteiger partial charge in [0.15, 0.2) is 0 Å². The van der Waals surface area contributed by atoms with Crippen LogP contribution in [0.15, 0.2) is 12.3 Å².